The van der Waals surface area contributed by atoms with Crippen LogP contribution in [0.15, 0.2) is 59.5 Å². The molecular weight excluding hydrogens is 330 g/mol. The van der Waals surface area contributed by atoms with Gasteiger partial charge in [-0.1, -0.05) is 30.3 Å². The van der Waals surface area contributed by atoms with Crippen molar-refractivity contribution in [2.45, 2.75) is 0 Å². The van der Waals surface area contributed by atoms with Crippen LogP contribution in [0.25, 0.3) is 10.8 Å². The molecule has 6 nitrogen and oxygen atoms in total. The Balaban J connectivity index is 1.95. The lowest BCUT2D eigenvalue weighted by molar-refractivity contribution is 0.0826. The van der Waals surface area contributed by atoms with Crippen molar-refractivity contribution in [1.82, 2.24) is 9.47 Å². The summed E-state index contributed by atoms with van der Waals surface area (Å²) in [6.45, 7) is 0. The molecule has 1 heterocycles. The van der Waals surface area contributed by atoms with Gasteiger partial charge in [-0.25, -0.2) is 0 Å². The summed E-state index contributed by atoms with van der Waals surface area (Å²) in [6.07, 6.45) is 1.45. The van der Waals surface area contributed by atoms with Gasteiger partial charge < -0.3 is 14.8 Å². The molecule has 6 heteroatoms. The van der Waals surface area contributed by atoms with Crippen LogP contribution in [0, 0.1) is 0 Å². The van der Waals surface area contributed by atoms with Crippen molar-refractivity contribution in [2.75, 3.05) is 19.4 Å². The highest BCUT2D eigenvalue weighted by atomic mass is 16.2. The van der Waals surface area contributed by atoms with Crippen LogP contribution < -0.4 is 10.9 Å². The molecule has 0 unspecified atom stereocenters. The largest absolute Gasteiger partial charge is 0.345 e. The van der Waals surface area contributed by atoms with Crippen molar-refractivity contribution in [1.29, 1.82) is 0 Å². The fraction of sp³-hybridized carbons (Fsp3) is 0.150. The molecule has 2 amide bonds. The van der Waals surface area contributed by atoms with Crippen LogP contribution in [0.1, 0.15) is 20.7 Å². The lowest BCUT2D eigenvalue weighted by Gasteiger charge is -2.13. The second-order valence-electron chi connectivity index (χ2n) is 6.27. The third-order valence-corrected chi connectivity index (χ3v) is 4.10. The van der Waals surface area contributed by atoms with Crippen LogP contribution >= 0.6 is 0 Å². The molecule has 0 radical (unpaired) electrons. The van der Waals surface area contributed by atoms with Crippen molar-refractivity contribution in [2.24, 2.45) is 7.05 Å². The van der Waals surface area contributed by atoms with Gasteiger partial charge in [0.15, 0.2) is 0 Å². The Morgan fingerprint density at radius 2 is 1.65 bits per heavy atom. The van der Waals surface area contributed by atoms with E-state index in [4.69, 9.17) is 0 Å². The standard InChI is InChI=1S/C20H19N3O3/c1-22(2)19(25)16-11-17(20(26)23(3)12-16)21-18(24)15-9-8-13-6-4-5-7-14(13)10-15/h4-12H,1-3H3,(H,21,24). The highest BCUT2D eigenvalue weighted by Crippen LogP contribution is 2.17. The quantitative estimate of drug-likeness (QED) is 0.790. The summed E-state index contributed by atoms with van der Waals surface area (Å²) < 4.78 is 1.28. The molecule has 0 atom stereocenters. The molecule has 132 valence electrons. The van der Waals surface area contributed by atoms with Crippen molar-refractivity contribution in [3.63, 3.8) is 0 Å². The van der Waals surface area contributed by atoms with Gasteiger partial charge >= 0.3 is 0 Å². The first-order chi connectivity index (χ1) is 12.4. The Kier molecular flexibility index (Phi) is 4.58. The molecule has 0 aliphatic heterocycles. The predicted octanol–water partition coefficient (Wildman–Crippen LogP) is 2.49. The number of carbonyl (C=O) groups excluding carboxylic acids is 2. The summed E-state index contributed by atoms with van der Waals surface area (Å²) in [4.78, 5) is 38.5. The van der Waals surface area contributed by atoms with Crippen LogP contribution in [-0.4, -0.2) is 35.4 Å². The summed E-state index contributed by atoms with van der Waals surface area (Å²) in [6, 6.07) is 14.4. The molecule has 0 spiro atoms. The summed E-state index contributed by atoms with van der Waals surface area (Å²) in [5, 5.41) is 4.58. The minimum absolute atomic E-state index is 0.0679. The van der Waals surface area contributed by atoms with E-state index in [1.165, 1.54) is 21.7 Å². The molecule has 0 aliphatic carbocycles. The van der Waals surface area contributed by atoms with Gasteiger partial charge in [-0.15, -0.1) is 0 Å². The number of rotatable bonds is 3. The van der Waals surface area contributed by atoms with Crippen molar-refractivity contribution in [3.8, 4) is 0 Å². The number of hydrogen-bond acceptors (Lipinski definition) is 3. The van der Waals surface area contributed by atoms with E-state index < -0.39 is 5.91 Å². The number of benzene rings is 2. The van der Waals surface area contributed by atoms with E-state index in [9.17, 15) is 14.4 Å². The summed E-state index contributed by atoms with van der Waals surface area (Å²) in [7, 11) is 4.79. The number of anilines is 1. The fourth-order valence-electron chi connectivity index (χ4n) is 2.70. The third kappa shape index (κ3) is 3.35. The molecule has 26 heavy (non-hydrogen) atoms. The van der Waals surface area contributed by atoms with E-state index in [1.54, 1.807) is 33.3 Å². The zero-order valence-electron chi connectivity index (χ0n) is 14.8. The Bertz CT molecular complexity index is 1070. The number of hydrogen-bond donors (Lipinski definition) is 1. The van der Waals surface area contributed by atoms with Crippen LogP contribution in [0.5, 0.6) is 0 Å². The van der Waals surface area contributed by atoms with E-state index in [2.05, 4.69) is 5.32 Å². The average molecular weight is 349 g/mol. The van der Waals surface area contributed by atoms with Gasteiger partial charge in [0.05, 0.1) is 5.56 Å². The second kappa shape index (κ2) is 6.84. The lowest BCUT2D eigenvalue weighted by atomic mass is 10.1. The van der Waals surface area contributed by atoms with Crippen LogP contribution in [0.2, 0.25) is 0 Å². The molecule has 3 rings (SSSR count). The van der Waals surface area contributed by atoms with E-state index in [0.29, 0.717) is 11.1 Å². The van der Waals surface area contributed by atoms with Gasteiger partial charge in [0.2, 0.25) is 0 Å². The number of carbonyl (C=O) groups is 2. The van der Waals surface area contributed by atoms with Gasteiger partial charge in [-0.2, -0.15) is 0 Å². The maximum absolute atomic E-state index is 12.6. The second-order valence-corrected chi connectivity index (χ2v) is 6.27. The first kappa shape index (κ1) is 17.4. The molecule has 0 saturated heterocycles. The number of aryl methyl sites for hydroxylation is 1. The zero-order valence-corrected chi connectivity index (χ0v) is 14.8. The Morgan fingerprint density at radius 3 is 2.35 bits per heavy atom. The van der Waals surface area contributed by atoms with Gasteiger partial charge in [-0.3, -0.25) is 14.4 Å². The number of fused-ring (bicyclic) bond motifs is 1. The molecule has 1 N–H and O–H groups in total. The average Bonchev–Trinajstić information content (AvgIpc) is 2.64. The van der Waals surface area contributed by atoms with E-state index in [1.807, 2.05) is 30.3 Å². The monoisotopic (exact) mass is 349 g/mol. The smallest absolute Gasteiger partial charge is 0.274 e. The minimum atomic E-state index is -0.401. The first-order valence-electron chi connectivity index (χ1n) is 8.09. The fourth-order valence-corrected chi connectivity index (χ4v) is 2.70. The first-order valence-corrected chi connectivity index (χ1v) is 8.09. The molecule has 0 fully saturated rings. The lowest BCUT2D eigenvalue weighted by Crippen LogP contribution is -2.28. The van der Waals surface area contributed by atoms with E-state index in [-0.39, 0.29) is 17.2 Å². The van der Waals surface area contributed by atoms with Crippen LogP contribution in [-0.2, 0) is 7.05 Å². The van der Waals surface area contributed by atoms with Gasteiger partial charge in [0.25, 0.3) is 17.4 Å². The number of pyridine rings is 1. The van der Waals surface area contributed by atoms with Gasteiger partial charge in [0.1, 0.15) is 5.69 Å². The van der Waals surface area contributed by atoms with Gasteiger partial charge in [0, 0.05) is 32.9 Å². The van der Waals surface area contributed by atoms with Crippen molar-refractivity contribution in [3.05, 3.63) is 76.2 Å². The highest BCUT2D eigenvalue weighted by molar-refractivity contribution is 6.07. The zero-order chi connectivity index (χ0) is 18.8. The van der Waals surface area contributed by atoms with E-state index >= 15 is 0 Å². The molecule has 0 bridgehead atoms. The minimum Gasteiger partial charge on any atom is -0.345 e. The van der Waals surface area contributed by atoms with Crippen molar-refractivity contribution >= 4 is 28.3 Å². The summed E-state index contributed by atoms with van der Waals surface area (Å²) in [5.41, 5.74) is 0.453. The summed E-state index contributed by atoms with van der Waals surface area (Å²) >= 11 is 0. The van der Waals surface area contributed by atoms with Gasteiger partial charge in [-0.05, 0) is 29.0 Å². The Hall–Kier alpha value is -3.41. The van der Waals surface area contributed by atoms with Crippen LogP contribution in [0.4, 0.5) is 5.69 Å². The topological polar surface area (TPSA) is 71.4 Å². The molecule has 0 saturated carbocycles. The third-order valence-electron chi connectivity index (χ3n) is 4.10. The molecule has 0 aliphatic rings. The van der Waals surface area contributed by atoms with E-state index in [0.717, 1.165) is 10.8 Å². The molecule has 3 aromatic rings. The number of nitrogens with zero attached hydrogens (tertiary/aromatic N) is 2. The number of nitrogens with one attached hydrogen (secondary N) is 1. The Morgan fingerprint density at radius 1 is 0.962 bits per heavy atom. The SMILES string of the molecule is CN(C)C(=O)c1cc(NC(=O)c2ccc3ccccc3c2)c(=O)n(C)c1. The maximum Gasteiger partial charge on any atom is 0.274 e. The number of amides is 2. The normalized spacial score (nSPS) is 10.6. The Labute approximate surface area is 150 Å². The molecule has 1 aromatic heterocycles. The number of aromatic nitrogens is 1. The molecule has 2 aromatic carbocycles. The highest BCUT2D eigenvalue weighted by Gasteiger charge is 2.15. The van der Waals surface area contributed by atoms with Crippen LogP contribution in [0.3, 0.4) is 0 Å². The summed E-state index contributed by atoms with van der Waals surface area (Å²) in [5.74, 6) is -0.649. The van der Waals surface area contributed by atoms with Crippen molar-refractivity contribution < 1.29 is 9.59 Å². The predicted molar refractivity (Wildman–Crippen MR) is 102 cm³/mol. The maximum atomic E-state index is 12.6. The molecular formula is C20H19N3O3.